The zero-order valence-electron chi connectivity index (χ0n) is 8.84. The molecule has 0 aromatic rings. The molecule has 0 aromatic heterocycles. The van der Waals surface area contributed by atoms with Gasteiger partial charge in [-0.15, -0.1) is 0 Å². The lowest BCUT2D eigenvalue weighted by Gasteiger charge is -2.29. The topological polar surface area (TPSA) is 59.0 Å². The zero-order valence-corrected chi connectivity index (χ0v) is 8.84. The van der Waals surface area contributed by atoms with Crippen molar-refractivity contribution in [2.24, 2.45) is 0 Å². The van der Waals surface area contributed by atoms with Crippen LogP contribution in [0.4, 0.5) is 0 Å². The number of nitrogens with zero attached hydrogens (tertiary/aromatic N) is 1. The fraction of sp³-hybridized carbons (Fsp3) is 0.700. The molecule has 3 atom stereocenters. The minimum absolute atomic E-state index is 0.308. The molecule has 1 unspecified atom stereocenters. The third kappa shape index (κ3) is 1.67. The van der Waals surface area contributed by atoms with Crippen LogP contribution in [0.2, 0.25) is 0 Å². The Balaban J connectivity index is 2.19. The Morgan fingerprint density at radius 3 is 2.93 bits per heavy atom. The summed E-state index contributed by atoms with van der Waals surface area (Å²) in [5.74, 6) is -0.318. The van der Waals surface area contributed by atoms with Gasteiger partial charge in [0.25, 0.3) is 5.91 Å². The molecule has 84 valence electrons. The summed E-state index contributed by atoms with van der Waals surface area (Å²) in [7, 11) is 1.52. The Labute approximate surface area is 88.3 Å². The normalized spacial score (nSPS) is 36.2. The highest BCUT2D eigenvalue weighted by Gasteiger charge is 2.44. The first kappa shape index (κ1) is 10.6. The van der Waals surface area contributed by atoms with Crippen molar-refractivity contribution in [2.45, 2.75) is 31.9 Å². The van der Waals surface area contributed by atoms with Gasteiger partial charge in [-0.25, -0.2) is 0 Å². The van der Waals surface area contributed by atoms with E-state index in [2.05, 4.69) is 0 Å². The minimum Gasteiger partial charge on any atom is -0.383 e. The van der Waals surface area contributed by atoms with Crippen molar-refractivity contribution in [2.75, 3.05) is 13.7 Å². The number of likely N-dealkylation sites (tertiary alicyclic amines) is 1. The van der Waals surface area contributed by atoms with Crippen molar-refractivity contribution in [1.82, 2.24) is 4.90 Å². The van der Waals surface area contributed by atoms with E-state index in [4.69, 9.17) is 9.47 Å². The Bertz CT molecular complexity index is 302. The monoisotopic (exact) mass is 213 g/mol. The van der Waals surface area contributed by atoms with Crippen LogP contribution < -0.4 is 0 Å². The van der Waals surface area contributed by atoms with Crippen LogP contribution in [-0.4, -0.2) is 48.2 Å². The van der Waals surface area contributed by atoms with Gasteiger partial charge in [-0.2, -0.15) is 0 Å². The van der Waals surface area contributed by atoms with Gasteiger partial charge in [0.1, 0.15) is 12.3 Å². The van der Waals surface area contributed by atoms with Crippen molar-refractivity contribution < 1.29 is 19.4 Å². The fourth-order valence-electron chi connectivity index (χ4n) is 2.00. The van der Waals surface area contributed by atoms with Crippen molar-refractivity contribution in [3.8, 4) is 0 Å². The summed E-state index contributed by atoms with van der Waals surface area (Å²) in [5.41, 5.74) is 0.986. The van der Waals surface area contributed by atoms with E-state index in [1.54, 1.807) is 0 Å². The molecule has 1 amide bonds. The van der Waals surface area contributed by atoms with Crippen LogP contribution in [0, 0.1) is 0 Å². The van der Waals surface area contributed by atoms with Gasteiger partial charge < -0.3 is 14.6 Å². The largest absolute Gasteiger partial charge is 0.383 e. The van der Waals surface area contributed by atoms with Crippen LogP contribution >= 0.6 is 0 Å². The van der Waals surface area contributed by atoms with Gasteiger partial charge in [0.05, 0.1) is 6.61 Å². The molecular formula is C10H15NO4. The van der Waals surface area contributed by atoms with Crippen molar-refractivity contribution >= 4 is 5.91 Å². The van der Waals surface area contributed by atoms with Crippen LogP contribution in [0.3, 0.4) is 0 Å². The number of carbonyl (C=O) groups excluding carboxylic acids is 1. The number of amides is 1. The standard InChI is InChI=1S/C10H15NO4/c1-6-3-4-15-10(6)11-8(14-2)5-7(12)9(11)13/h3,7-8,10,12H,4-5H2,1-2H3/t7-,8+,10?/m0/s1. The highest BCUT2D eigenvalue weighted by Crippen LogP contribution is 2.28. The average molecular weight is 213 g/mol. The van der Waals surface area contributed by atoms with E-state index in [1.165, 1.54) is 12.0 Å². The number of hydrogen-bond donors (Lipinski definition) is 1. The lowest BCUT2D eigenvalue weighted by atomic mass is 10.2. The average Bonchev–Trinajstić information content (AvgIpc) is 2.73. The quantitative estimate of drug-likeness (QED) is 0.648. The number of aliphatic hydroxyl groups is 1. The zero-order chi connectivity index (χ0) is 11.0. The second kappa shape index (κ2) is 3.92. The first-order chi connectivity index (χ1) is 7.15. The number of methoxy groups -OCH3 is 1. The Hall–Kier alpha value is -0.910. The van der Waals surface area contributed by atoms with Crippen LogP contribution in [-0.2, 0) is 14.3 Å². The Morgan fingerprint density at radius 2 is 2.40 bits per heavy atom. The summed E-state index contributed by atoms with van der Waals surface area (Å²) in [6.45, 7) is 2.41. The Morgan fingerprint density at radius 1 is 1.67 bits per heavy atom. The number of aliphatic hydroxyl groups excluding tert-OH is 1. The molecule has 15 heavy (non-hydrogen) atoms. The van der Waals surface area contributed by atoms with Gasteiger partial charge in [0.2, 0.25) is 0 Å². The summed E-state index contributed by atoms with van der Waals surface area (Å²) in [6, 6.07) is 0. The lowest BCUT2D eigenvalue weighted by Crippen LogP contribution is -2.44. The second-order valence-corrected chi connectivity index (χ2v) is 3.82. The third-order valence-electron chi connectivity index (χ3n) is 2.85. The SMILES string of the molecule is CO[C@@H]1C[C@H](O)C(=O)N1C1OCC=C1C. The molecular weight excluding hydrogens is 198 g/mol. The molecule has 0 bridgehead atoms. The molecule has 5 nitrogen and oxygen atoms in total. The summed E-state index contributed by atoms with van der Waals surface area (Å²) in [4.78, 5) is 13.2. The maximum absolute atomic E-state index is 11.7. The van der Waals surface area contributed by atoms with E-state index >= 15 is 0 Å². The Kier molecular flexibility index (Phi) is 2.77. The minimum atomic E-state index is -0.966. The number of rotatable bonds is 2. The molecule has 2 aliphatic rings. The van der Waals surface area contributed by atoms with E-state index in [0.717, 1.165) is 5.57 Å². The van der Waals surface area contributed by atoms with Crippen LogP contribution in [0.25, 0.3) is 0 Å². The summed E-state index contributed by atoms with van der Waals surface area (Å²) in [5, 5.41) is 9.47. The van der Waals surface area contributed by atoms with Crippen LogP contribution in [0.15, 0.2) is 11.6 Å². The fourth-order valence-corrected chi connectivity index (χ4v) is 2.00. The van der Waals surface area contributed by atoms with E-state index in [0.29, 0.717) is 13.0 Å². The highest BCUT2D eigenvalue weighted by molar-refractivity contribution is 5.83. The smallest absolute Gasteiger partial charge is 0.255 e. The van der Waals surface area contributed by atoms with Crippen molar-refractivity contribution in [3.63, 3.8) is 0 Å². The highest BCUT2D eigenvalue weighted by atomic mass is 16.5. The molecule has 2 aliphatic heterocycles. The molecule has 2 rings (SSSR count). The molecule has 0 aromatic carbocycles. The molecule has 1 saturated heterocycles. The van der Waals surface area contributed by atoms with Crippen LogP contribution in [0.1, 0.15) is 13.3 Å². The lowest BCUT2D eigenvalue weighted by molar-refractivity contribution is -0.154. The second-order valence-electron chi connectivity index (χ2n) is 3.82. The van der Waals surface area contributed by atoms with Gasteiger partial charge in [-0.3, -0.25) is 9.69 Å². The van der Waals surface area contributed by atoms with E-state index in [9.17, 15) is 9.90 Å². The van der Waals surface area contributed by atoms with Gasteiger partial charge in [-0.05, 0) is 12.5 Å². The predicted octanol–water partition coefficient (Wildman–Crippen LogP) is -0.145. The van der Waals surface area contributed by atoms with Gasteiger partial charge in [0, 0.05) is 13.5 Å². The maximum Gasteiger partial charge on any atom is 0.255 e. The maximum atomic E-state index is 11.7. The molecule has 0 saturated carbocycles. The van der Waals surface area contributed by atoms with E-state index in [-0.39, 0.29) is 18.4 Å². The first-order valence-electron chi connectivity index (χ1n) is 4.96. The van der Waals surface area contributed by atoms with Crippen molar-refractivity contribution in [3.05, 3.63) is 11.6 Å². The third-order valence-corrected chi connectivity index (χ3v) is 2.85. The molecule has 2 heterocycles. The van der Waals surface area contributed by atoms with E-state index in [1.807, 2.05) is 13.0 Å². The van der Waals surface area contributed by atoms with Crippen molar-refractivity contribution in [1.29, 1.82) is 0 Å². The predicted molar refractivity (Wildman–Crippen MR) is 51.8 cm³/mol. The summed E-state index contributed by atoms with van der Waals surface area (Å²) >= 11 is 0. The molecule has 5 heteroatoms. The van der Waals surface area contributed by atoms with Crippen LogP contribution in [0.5, 0.6) is 0 Å². The first-order valence-corrected chi connectivity index (χ1v) is 4.96. The molecule has 1 N–H and O–H groups in total. The van der Waals surface area contributed by atoms with Gasteiger partial charge in [0.15, 0.2) is 6.23 Å². The molecule has 0 aliphatic carbocycles. The van der Waals surface area contributed by atoms with Gasteiger partial charge in [-0.1, -0.05) is 6.08 Å². The molecule has 0 radical (unpaired) electrons. The van der Waals surface area contributed by atoms with Gasteiger partial charge >= 0.3 is 0 Å². The number of carbonyl (C=O) groups is 1. The number of hydrogen-bond acceptors (Lipinski definition) is 4. The summed E-state index contributed by atoms with van der Waals surface area (Å²) in [6.07, 6.45) is 0.503. The molecule has 1 fully saturated rings. The molecule has 0 spiro atoms. The number of ether oxygens (including phenoxy) is 2. The summed E-state index contributed by atoms with van der Waals surface area (Å²) < 4.78 is 10.6. The van der Waals surface area contributed by atoms with E-state index < -0.39 is 6.10 Å².